The van der Waals surface area contributed by atoms with Crippen molar-refractivity contribution in [3.8, 4) is 17.2 Å². The Hall–Kier alpha value is -3.18. The predicted octanol–water partition coefficient (Wildman–Crippen LogP) is 2.37. The fourth-order valence-electron chi connectivity index (χ4n) is 3.30. The molecule has 158 valence electrons. The summed E-state index contributed by atoms with van der Waals surface area (Å²) < 4.78 is 42.4. The van der Waals surface area contributed by atoms with Crippen LogP contribution in [0.25, 0.3) is 0 Å². The van der Waals surface area contributed by atoms with Gasteiger partial charge in [-0.15, -0.1) is 0 Å². The van der Waals surface area contributed by atoms with Crippen LogP contribution in [0, 0.1) is 10.1 Å². The molecule has 30 heavy (non-hydrogen) atoms. The highest BCUT2D eigenvalue weighted by Crippen LogP contribution is 2.34. The van der Waals surface area contributed by atoms with Crippen molar-refractivity contribution in [3.05, 3.63) is 52.1 Å². The highest BCUT2D eigenvalue weighted by molar-refractivity contribution is 7.89. The Kier molecular flexibility index (Phi) is 5.31. The molecule has 0 N–H and O–H groups in total. The third-order valence-corrected chi connectivity index (χ3v) is 6.78. The number of hydrogen-bond donors (Lipinski definition) is 0. The standard InChI is InChI=1S/C19H18N2O8S/c22-16(13-3-5-18-19(9-13)29-12-28-18)11-27-17-6-4-14(10-15(17)21(23)24)30(25,26)20-7-1-2-8-20/h3-6,9-10H,1-2,7-8,11-12H2. The van der Waals surface area contributed by atoms with E-state index in [2.05, 4.69) is 0 Å². The monoisotopic (exact) mass is 434 g/mol. The molecule has 0 aliphatic carbocycles. The molecule has 1 saturated heterocycles. The SMILES string of the molecule is O=C(COc1ccc(S(=O)(=O)N2CCCC2)cc1[N+](=O)[O-])c1ccc2c(c1)OCO2. The van der Waals surface area contributed by atoms with Gasteiger partial charge in [0, 0.05) is 24.7 Å². The van der Waals surface area contributed by atoms with Gasteiger partial charge in [-0.25, -0.2) is 8.42 Å². The lowest BCUT2D eigenvalue weighted by atomic mass is 10.1. The van der Waals surface area contributed by atoms with E-state index >= 15 is 0 Å². The molecule has 0 unspecified atom stereocenters. The number of Topliss-reactive ketones (excluding diaryl/α,β-unsaturated/α-hetero) is 1. The van der Waals surface area contributed by atoms with E-state index in [1.165, 1.54) is 22.5 Å². The van der Waals surface area contributed by atoms with Gasteiger partial charge in [0.1, 0.15) is 0 Å². The van der Waals surface area contributed by atoms with Crippen molar-refractivity contribution in [1.29, 1.82) is 0 Å². The van der Waals surface area contributed by atoms with Crippen LogP contribution >= 0.6 is 0 Å². The zero-order valence-corrected chi connectivity index (χ0v) is 16.6. The van der Waals surface area contributed by atoms with Gasteiger partial charge in [-0.05, 0) is 43.2 Å². The molecule has 0 spiro atoms. The van der Waals surface area contributed by atoms with Gasteiger partial charge in [0.15, 0.2) is 29.6 Å². The molecule has 0 aromatic heterocycles. The Balaban J connectivity index is 1.52. The largest absolute Gasteiger partial charge is 0.478 e. The first-order chi connectivity index (χ1) is 14.4. The molecule has 4 rings (SSSR count). The van der Waals surface area contributed by atoms with Crippen LogP contribution in [0.1, 0.15) is 23.2 Å². The zero-order chi connectivity index (χ0) is 21.3. The van der Waals surface area contributed by atoms with Gasteiger partial charge in [-0.2, -0.15) is 4.31 Å². The van der Waals surface area contributed by atoms with E-state index in [4.69, 9.17) is 14.2 Å². The second-order valence-electron chi connectivity index (χ2n) is 6.78. The van der Waals surface area contributed by atoms with Crippen molar-refractivity contribution in [1.82, 2.24) is 4.31 Å². The highest BCUT2D eigenvalue weighted by atomic mass is 32.2. The van der Waals surface area contributed by atoms with Gasteiger partial charge in [-0.3, -0.25) is 14.9 Å². The number of hydrogen-bond acceptors (Lipinski definition) is 8. The van der Waals surface area contributed by atoms with Crippen LogP contribution in [-0.2, 0) is 10.0 Å². The van der Waals surface area contributed by atoms with Crippen LogP contribution < -0.4 is 14.2 Å². The van der Waals surface area contributed by atoms with Crippen LogP contribution in [0.15, 0.2) is 41.3 Å². The number of nitrogens with zero attached hydrogens (tertiary/aromatic N) is 2. The second kappa shape index (κ2) is 7.92. The first kappa shape index (κ1) is 20.1. The number of sulfonamides is 1. The van der Waals surface area contributed by atoms with E-state index < -0.39 is 33.0 Å². The predicted molar refractivity (Wildman–Crippen MR) is 103 cm³/mol. The van der Waals surface area contributed by atoms with Crippen molar-refractivity contribution < 1.29 is 32.3 Å². The van der Waals surface area contributed by atoms with Crippen molar-refractivity contribution in [2.45, 2.75) is 17.7 Å². The van der Waals surface area contributed by atoms with Crippen LogP contribution in [0.3, 0.4) is 0 Å². The Labute approximate surface area is 172 Å². The average molecular weight is 434 g/mol. The molecular weight excluding hydrogens is 416 g/mol. The Morgan fingerprint density at radius 2 is 1.83 bits per heavy atom. The van der Waals surface area contributed by atoms with E-state index in [0.717, 1.165) is 18.9 Å². The van der Waals surface area contributed by atoms with Gasteiger partial charge in [-0.1, -0.05) is 0 Å². The number of carbonyl (C=O) groups excluding carboxylic acids is 1. The van der Waals surface area contributed by atoms with Crippen molar-refractivity contribution in [3.63, 3.8) is 0 Å². The summed E-state index contributed by atoms with van der Waals surface area (Å²) in [5.41, 5.74) is -0.219. The van der Waals surface area contributed by atoms with Gasteiger partial charge in [0.05, 0.1) is 9.82 Å². The molecule has 0 bridgehead atoms. The number of ether oxygens (including phenoxy) is 3. The first-order valence-corrected chi connectivity index (χ1v) is 10.6. The zero-order valence-electron chi connectivity index (χ0n) is 15.8. The van der Waals surface area contributed by atoms with Crippen LogP contribution in [0.4, 0.5) is 5.69 Å². The molecule has 0 saturated carbocycles. The molecule has 10 nitrogen and oxygen atoms in total. The lowest BCUT2D eigenvalue weighted by molar-refractivity contribution is -0.386. The average Bonchev–Trinajstić information content (AvgIpc) is 3.43. The third-order valence-electron chi connectivity index (χ3n) is 4.88. The van der Waals surface area contributed by atoms with E-state index in [1.807, 2.05) is 0 Å². The molecule has 1 fully saturated rings. The lowest BCUT2D eigenvalue weighted by Gasteiger charge is -2.15. The van der Waals surface area contributed by atoms with E-state index in [9.17, 15) is 23.3 Å². The highest BCUT2D eigenvalue weighted by Gasteiger charge is 2.30. The second-order valence-corrected chi connectivity index (χ2v) is 8.72. The number of ketones is 1. The maximum Gasteiger partial charge on any atom is 0.312 e. The number of nitro groups is 1. The first-order valence-electron chi connectivity index (χ1n) is 9.20. The van der Waals surface area contributed by atoms with Gasteiger partial charge >= 0.3 is 5.69 Å². The van der Waals surface area contributed by atoms with Crippen LogP contribution in [0.5, 0.6) is 17.2 Å². The maximum atomic E-state index is 12.7. The Morgan fingerprint density at radius 1 is 1.10 bits per heavy atom. The molecule has 0 radical (unpaired) electrons. The Bertz CT molecular complexity index is 1110. The van der Waals surface area contributed by atoms with Crippen molar-refractivity contribution in [2.75, 3.05) is 26.5 Å². The van der Waals surface area contributed by atoms with E-state index in [1.54, 1.807) is 12.1 Å². The number of carbonyl (C=O) groups is 1. The van der Waals surface area contributed by atoms with E-state index in [0.29, 0.717) is 30.2 Å². The number of benzene rings is 2. The molecule has 11 heteroatoms. The summed E-state index contributed by atoms with van der Waals surface area (Å²) in [5, 5.41) is 11.5. The fourth-order valence-corrected chi connectivity index (χ4v) is 4.83. The van der Waals surface area contributed by atoms with Gasteiger partial charge in [0.2, 0.25) is 16.8 Å². The summed E-state index contributed by atoms with van der Waals surface area (Å²) in [6.07, 6.45) is 1.51. The molecule has 2 aliphatic heterocycles. The number of fused-ring (bicyclic) bond motifs is 1. The van der Waals surface area contributed by atoms with Crippen molar-refractivity contribution >= 4 is 21.5 Å². The molecule has 2 heterocycles. The third kappa shape index (κ3) is 3.81. The summed E-state index contributed by atoms with van der Waals surface area (Å²) in [6.45, 7) is 0.387. The smallest absolute Gasteiger partial charge is 0.312 e. The summed E-state index contributed by atoms with van der Waals surface area (Å²) in [7, 11) is -3.81. The molecule has 2 aromatic carbocycles. The van der Waals surface area contributed by atoms with Crippen molar-refractivity contribution in [2.24, 2.45) is 0 Å². The topological polar surface area (TPSA) is 125 Å². The molecule has 2 aliphatic rings. The minimum absolute atomic E-state index is 0.0718. The minimum atomic E-state index is -3.81. The number of nitro benzene ring substituents is 1. The van der Waals surface area contributed by atoms with Gasteiger partial charge in [0.25, 0.3) is 0 Å². The van der Waals surface area contributed by atoms with Crippen LogP contribution in [0.2, 0.25) is 0 Å². The summed E-state index contributed by atoms with van der Waals surface area (Å²) in [5.74, 6) is 0.354. The number of rotatable bonds is 7. The minimum Gasteiger partial charge on any atom is -0.478 e. The maximum absolute atomic E-state index is 12.7. The van der Waals surface area contributed by atoms with Gasteiger partial charge < -0.3 is 14.2 Å². The molecule has 0 amide bonds. The molecule has 0 atom stereocenters. The summed E-state index contributed by atoms with van der Waals surface area (Å²) in [6, 6.07) is 8.06. The Morgan fingerprint density at radius 3 is 2.57 bits per heavy atom. The van der Waals surface area contributed by atoms with E-state index in [-0.39, 0.29) is 17.4 Å². The summed E-state index contributed by atoms with van der Waals surface area (Å²) >= 11 is 0. The molecule has 2 aromatic rings. The summed E-state index contributed by atoms with van der Waals surface area (Å²) in [4.78, 5) is 23.0. The fraction of sp³-hybridized carbons (Fsp3) is 0.316. The quantitative estimate of drug-likeness (QED) is 0.369. The normalized spacial score (nSPS) is 15.9. The molecular formula is C19H18N2O8S. The lowest BCUT2D eigenvalue weighted by Crippen LogP contribution is -2.27. The van der Waals surface area contributed by atoms with Crippen LogP contribution in [-0.4, -0.2) is 49.9 Å².